The van der Waals surface area contributed by atoms with Crippen molar-refractivity contribution in [2.24, 2.45) is 0 Å². The van der Waals surface area contributed by atoms with Crippen molar-refractivity contribution >= 4 is 17.6 Å². The number of anilines is 1. The third kappa shape index (κ3) is 5.70. The first-order chi connectivity index (χ1) is 12.5. The normalized spacial score (nSPS) is 9.96. The summed E-state index contributed by atoms with van der Waals surface area (Å²) >= 11 is 0. The van der Waals surface area contributed by atoms with Gasteiger partial charge in [0.1, 0.15) is 17.2 Å². The van der Waals surface area contributed by atoms with Crippen LogP contribution in [0.3, 0.4) is 0 Å². The van der Waals surface area contributed by atoms with Gasteiger partial charge in [-0.15, -0.1) is 0 Å². The summed E-state index contributed by atoms with van der Waals surface area (Å²) in [5, 5.41) is 2.72. The van der Waals surface area contributed by atoms with E-state index in [0.29, 0.717) is 22.9 Å². The molecule has 7 heteroatoms. The van der Waals surface area contributed by atoms with Gasteiger partial charge in [-0.1, -0.05) is 12.1 Å². The van der Waals surface area contributed by atoms with Crippen LogP contribution in [0.2, 0.25) is 0 Å². The Morgan fingerprint density at radius 3 is 2.04 bits per heavy atom. The molecule has 0 saturated carbocycles. The Kier molecular flexibility index (Phi) is 6.84. The van der Waals surface area contributed by atoms with E-state index >= 15 is 0 Å². The van der Waals surface area contributed by atoms with Crippen molar-refractivity contribution in [3.05, 3.63) is 48.0 Å². The van der Waals surface area contributed by atoms with Crippen LogP contribution in [0.1, 0.15) is 5.56 Å². The van der Waals surface area contributed by atoms with Crippen LogP contribution in [0.25, 0.3) is 0 Å². The lowest BCUT2D eigenvalue weighted by molar-refractivity contribution is -0.139. The molecule has 0 saturated heterocycles. The average molecular weight is 359 g/mol. The lowest BCUT2D eigenvalue weighted by Crippen LogP contribution is -2.20. The number of esters is 1. The second-order valence-electron chi connectivity index (χ2n) is 5.34. The van der Waals surface area contributed by atoms with Crippen molar-refractivity contribution in [3.63, 3.8) is 0 Å². The molecule has 1 N–H and O–H groups in total. The Morgan fingerprint density at radius 1 is 0.885 bits per heavy atom. The van der Waals surface area contributed by atoms with Crippen molar-refractivity contribution in [3.8, 4) is 17.2 Å². The highest BCUT2D eigenvalue weighted by Crippen LogP contribution is 2.25. The minimum atomic E-state index is -0.320. The first kappa shape index (κ1) is 19.1. The highest BCUT2D eigenvalue weighted by molar-refractivity contribution is 5.92. The highest BCUT2D eigenvalue weighted by Gasteiger charge is 2.08. The first-order valence-electron chi connectivity index (χ1n) is 7.85. The number of nitrogens with one attached hydrogen (secondary N) is 1. The molecule has 0 aromatic heterocycles. The number of carbonyl (C=O) groups is 2. The molecule has 0 radical (unpaired) electrons. The molecule has 0 bridgehead atoms. The zero-order valence-electron chi connectivity index (χ0n) is 14.9. The molecule has 0 unspecified atom stereocenters. The molecule has 0 aliphatic carbocycles. The Bertz CT molecular complexity index is 735. The van der Waals surface area contributed by atoms with Gasteiger partial charge < -0.3 is 24.3 Å². The van der Waals surface area contributed by atoms with Gasteiger partial charge in [0, 0.05) is 23.9 Å². The minimum Gasteiger partial charge on any atom is -0.497 e. The zero-order valence-corrected chi connectivity index (χ0v) is 14.9. The monoisotopic (exact) mass is 359 g/mol. The molecule has 138 valence electrons. The average Bonchev–Trinajstić information content (AvgIpc) is 2.66. The van der Waals surface area contributed by atoms with Crippen LogP contribution < -0.4 is 19.5 Å². The van der Waals surface area contributed by atoms with E-state index in [2.05, 4.69) is 10.1 Å². The van der Waals surface area contributed by atoms with Gasteiger partial charge in [0.2, 0.25) is 0 Å². The SMILES string of the molecule is COC(=O)Cc1ccc(OCC(=O)Nc2cc(OC)cc(OC)c2)cc1. The quantitative estimate of drug-likeness (QED) is 0.729. The molecule has 0 atom stereocenters. The molecule has 26 heavy (non-hydrogen) atoms. The molecule has 2 aromatic carbocycles. The maximum absolute atomic E-state index is 12.1. The molecule has 0 aliphatic heterocycles. The van der Waals surface area contributed by atoms with Crippen molar-refractivity contribution in [1.29, 1.82) is 0 Å². The number of methoxy groups -OCH3 is 3. The van der Waals surface area contributed by atoms with E-state index in [4.69, 9.17) is 14.2 Å². The van der Waals surface area contributed by atoms with E-state index in [1.807, 2.05) is 0 Å². The van der Waals surface area contributed by atoms with Gasteiger partial charge in [0.15, 0.2) is 6.61 Å². The Balaban J connectivity index is 1.89. The summed E-state index contributed by atoms with van der Waals surface area (Å²) in [6, 6.07) is 12.0. The van der Waals surface area contributed by atoms with Crippen molar-refractivity contribution < 1.29 is 28.5 Å². The first-order valence-corrected chi connectivity index (χ1v) is 7.85. The van der Waals surface area contributed by atoms with Gasteiger partial charge in [-0.25, -0.2) is 0 Å². The summed E-state index contributed by atoms with van der Waals surface area (Å²) in [5.74, 6) is 1.03. The Morgan fingerprint density at radius 2 is 1.50 bits per heavy atom. The lowest BCUT2D eigenvalue weighted by atomic mass is 10.1. The van der Waals surface area contributed by atoms with Crippen LogP contribution in [0.15, 0.2) is 42.5 Å². The van der Waals surface area contributed by atoms with E-state index < -0.39 is 0 Å². The number of benzene rings is 2. The van der Waals surface area contributed by atoms with Gasteiger partial charge >= 0.3 is 5.97 Å². The predicted molar refractivity (Wildman–Crippen MR) is 95.8 cm³/mol. The highest BCUT2D eigenvalue weighted by atomic mass is 16.5. The van der Waals surface area contributed by atoms with Crippen molar-refractivity contribution in [2.45, 2.75) is 6.42 Å². The van der Waals surface area contributed by atoms with E-state index in [1.54, 1.807) is 42.5 Å². The standard InChI is InChI=1S/C19H21NO6/c1-23-16-9-14(10-17(11-16)24-2)20-18(21)12-26-15-6-4-13(5-7-15)8-19(22)25-3/h4-7,9-11H,8,12H2,1-3H3,(H,20,21). The van der Waals surface area contributed by atoms with E-state index in [9.17, 15) is 9.59 Å². The van der Waals surface area contributed by atoms with E-state index in [0.717, 1.165) is 5.56 Å². The summed E-state index contributed by atoms with van der Waals surface area (Å²) in [5.41, 5.74) is 1.35. The number of amides is 1. The van der Waals surface area contributed by atoms with Crippen molar-refractivity contribution in [2.75, 3.05) is 33.3 Å². The lowest BCUT2D eigenvalue weighted by Gasteiger charge is -2.11. The van der Waals surface area contributed by atoms with Crippen LogP contribution in [0, 0.1) is 0 Å². The van der Waals surface area contributed by atoms with Gasteiger partial charge in [-0.05, 0) is 17.7 Å². The van der Waals surface area contributed by atoms with Crippen LogP contribution >= 0.6 is 0 Å². The number of rotatable bonds is 8. The maximum Gasteiger partial charge on any atom is 0.309 e. The maximum atomic E-state index is 12.1. The number of carbonyl (C=O) groups excluding carboxylic acids is 2. The smallest absolute Gasteiger partial charge is 0.309 e. The molecular weight excluding hydrogens is 338 g/mol. The molecule has 2 rings (SSSR count). The van der Waals surface area contributed by atoms with Crippen LogP contribution in [0.4, 0.5) is 5.69 Å². The molecular formula is C19H21NO6. The van der Waals surface area contributed by atoms with Gasteiger partial charge in [-0.3, -0.25) is 9.59 Å². The molecule has 0 aliphatic rings. The second-order valence-corrected chi connectivity index (χ2v) is 5.34. The topological polar surface area (TPSA) is 83.1 Å². The third-order valence-corrected chi connectivity index (χ3v) is 3.50. The van der Waals surface area contributed by atoms with Gasteiger partial charge in [0.25, 0.3) is 5.91 Å². The van der Waals surface area contributed by atoms with Crippen LogP contribution in [-0.4, -0.2) is 39.8 Å². The zero-order chi connectivity index (χ0) is 18.9. The minimum absolute atomic E-state index is 0.157. The summed E-state index contributed by atoms with van der Waals surface area (Å²) in [4.78, 5) is 23.3. The molecule has 0 heterocycles. The Hall–Kier alpha value is -3.22. The molecule has 7 nitrogen and oxygen atoms in total. The second kappa shape index (κ2) is 9.31. The van der Waals surface area contributed by atoms with E-state index in [1.165, 1.54) is 21.3 Å². The van der Waals surface area contributed by atoms with Crippen LogP contribution in [0.5, 0.6) is 17.2 Å². The predicted octanol–water partition coefficient (Wildman–Crippen LogP) is 2.44. The molecule has 1 amide bonds. The fraction of sp³-hybridized carbons (Fsp3) is 0.263. The fourth-order valence-electron chi connectivity index (χ4n) is 2.17. The molecule has 2 aromatic rings. The molecule has 0 spiro atoms. The Labute approximate surface area is 151 Å². The number of hydrogen-bond acceptors (Lipinski definition) is 6. The summed E-state index contributed by atoms with van der Waals surface area (Å²) in [7, 11) is 4.41. The van der Waals surface area contributed by atoms with Crippen LogP contribution in [-0.2, 0) is 20.7 Å². The van der Waals surface area contributed by atoms with E-state index in [-0.39, 0.29) is 24.9 Å². The number of hydrogen-bond donors (Lipinski definition) is 1. The molecule has 0 fully saturated rings. The van der Waals surface area contributed by atoms with Gasteiger partial charge in [-0.2, -0.15) is 0 Å². The summed E-state index contributed by atoms with van der Waals surface area (Å²) in [6.45, 7) is -0.157. The number of ether oxygens (including phenoxy) is 4. The summed E-state index contributed by atoms with van der Waals surface area (Å²) < 4.78 is 20.4. The summed E-state index contributed by atoms with van der Waals surface area (Å²) in [6.07, 6.45) is 0.189. The third-order valence-electron chi connectivity index (χ3n) is 3.50. The fourth-order valence-corrected chi connectivity index (χ4v) is 2.17. The van der Waals surface area contributed by atoms with Crippen molar-refractivity contribution in [1.82, 2.24) is 0 Å². The van der Waals surface area contributed by atoms with Gasteiger partial charge in [0.05, 0.1) is 27.8 Å². The largest absolute Gasteiger partial charge is 0.497 e.